The van der Waals surface area contributed by atoms with Crippen molar-refractivity contribution in [2.75, 3.05) is 7.11 Å². The Hall–Kier alpha value is -2.24. The van der Waals surface area contributed by atoms with Crippen molar-refractivity contribution in [2.45, 2.75) is 32.9 Å². The molecule has 0 saturated carbocycles. The van der Waals surface area contributed by atoms with E-state index in [-0.39, 0.29) is 11.8 Å². The molecule has 2 atom stereocenters. The number of hydrogen-bond acceptors (Lipinski definition) is 3. The van der Waals surface area contributed by atoms with Gasteiger partial charge in [-0.1, -0.05) is 32.4 Å². The molecule has 6 heteroatoms. The molecule has 0 aliphatic rings. The summed E-state index contributed by atoms with van der Waals surface area (Å²) in [5.41, 5.74) is 6.04. The van der Waals surface area contributed by atoms with Crippen LogP contribution in [0.5, 0.6) is 5.75 Å². The number of urea groups is 1. The Bertz CT molecular complexity index is 491. The maximum absolute atomic E-state index is 12.2. The molecule has 116 valence electrons. The lowest BCUT2D eigenvalue weighted by Crippen LogP contribution is -2.51. The number of carbonyl (C=O) groups excluding carboxylic acids is 2. The first kappa shape index (κ1) is 16.8. The van der Waals surface area contributed by atoms with Gasteiger partial charge in [-0.2, -0.15) is 0 Å². The molecule has 6 nitrogen and oxygen atoms in total. The Morgan fingerprint density at radius 3 is 2.67 bits per heavy atom. The van der Waals surface area contributed by atoms with E-state index in [1.54, 1.807) is 7.11 Å². The molecule has 1 rings (SSSR count). The highest BCUT2D eigenvalue weighted by atomic mass is 16.5. The fourth-order valence-electron chi connectivity index (χ4n) is 1.94. The molecule has 0 aliphatic heterocycles. The molecule has 4 N–H and O–H groups in total. The van der Waals surface area contributed by atoms with Gasteiger partial charge in [-0.3, -0.25) is 4.79 Å². The number of rotatable bonds is 7. The van der Waals surface area contributed by atoms with E-state index in [4.69, 9.17) is 10.5 Å². The monoisotopic (exact) mass is 293 g/mol. The number of carbonyl (C=O) groups is 2. The Morgan fingerprint density at radius 2 is 2.10 bits per heavy atom. The Morgan fingerprint density at radius 1 is 1.38 bits per heavy atom. The largest absolute Gasteiger partial charge is 0.497 e. The summed E-state index contributed by atoms with van der Waals surface area (Å²) in [7, 11) is 1.59. The smallest absolute Gasteiger partial charge is 0.312 e. The maximum Gasteiger partial charge on any atom is 0.312 e. The van der Waals surface area contributed by atoms with Crippen molar-refractivity contribution in [3.05, 3.63) is 29.8 Å². The van der Waals surface area contributed by atoms with Crippen LogP contribution < -0.4 is 21.1 Å². The summed E-state index contributed by atoms with van der Waals surface area (Å²) in [6.07, 6.45) is 0.761. The zero-order valence-corrected chi connectivity index (χ0v) is 12.7. The summed E-state index contributed by atoms with van der Waals surface area (Å²) in [6.45, 7) is 4.21. The topological polar surface area (TPSA) is 93.5 Å². The number of primary amides is 1. The highest BCUT2D eigenvalue weighted by Crippen LogP contribution is 2.13. The van der Waals surface area contributed by atoms with Crippen LogP contribution in [0.4, 0.5) is 4.79 Å². The highest BCUT2D eigenvalue weighted by Gasteiger charge is 2.24. The van der Waals surface area contributed by atoms with E-state index >= 15 is 0 Å². The third kappa shape index (κ3) is 5.33. The van der Waals surface area contributed by atoms with Crippen molar-refractivity contribution in [3.63, 3.8) is 0 Å². The average Bonchev–Trinajstić information content (AvgIpc) is 2.49. The van der Waals surface area contributed by atoms with E-state index in [1.165, 1.54) is 0 Å². The van der Waals surface area contributed by atoms with E-state index in [9.17, 15) is 9.59 Å². The molecular weight excluding hydrogens is 270 g/mol. The normalized spacial score (nSPS) is 13.1. The predicted octanol–water partition coefficient (Wildman–Crippen LogP) is 1.39. The van der Waals surface area contributed by atoms with E-state index < -0.39 is 12.1 Å². The minimum Gasteiger partial charge on any atom is -0.497 e. The molecule has 0 spiro atoms. The maximum atomic E-state index is 12.2. The van der Waals surface area contributed by atoms with Crippen LogP contribution in [-0.4, -0.2) is 25.1 Å². The Kier molecular flexibility index (Phi) is 6.52. The number of nitrogens with one attached hydrogen (secondary N) is 2. The number of benzene rings is 1. The summed E-state index contributed by atoms with van der Waals surface area (Å²) in [6, 6.07) is 6.11. The molecule has 0 fully saturated rings. The molecule has 2 unspecified atom stereocenters. The van der Waals surface area contributed by atoms with Crippen LogP contribution in [0.15, 0.2) is 24.3 Å². The lowest BCUT2D eigenvalue weighted by atomic mass is 9.98. The van der Waals surface area contributed by atoms with Crippen LogP contribution >= 0.6 is 0 Å². The van der Waals surface area contributed by atoms with Gasteiger partial charge in [0, 0.05) is 6.54 Å². The second kappa shape index (κ2) is 8.14. The molecule has 1 aromatic rings. The first-order chi connectivity index (χ1) is 9.97. The molecular formula is C15H23N3O3. The van der Waals surface area contributed by atoms with Gasteiger partial charge in [0.2, 0.25) is 5.91 Å². The Balaban J connectivity index is 2.66. The van der Waals surface area contributed by atoms with E-state index in [2.05, 4.69) is 10.6 Å². The van der Waals surface area contributed by atoms with Crippen molar-refractivity contribution in [1.29, 1.82) is 0 Å². The van der Waals surface area contributed by atoms with E-state index in [0.717, 1.165) is 17.7 Å². The average molecular weight is 293 g/mol. The zero-order valence-electron chi connectivity index (χ0n) is 12.7. The van der Waals surface area contributed by atoms with Crippen molar-refractivity contribution in [3.8, 4) is 5.75 Å². The van der Waals surface area contributed by atoms with Crippen LogP contribution in [0.1, 0.15) is 25.8 Å². The van der Waals surface area contributed by atoms with Crippen LogP contribution in [0.2, 0.25) is 0 Å². The minimum absolute atomic E-state index is 0.00260. The van der Waals surface area contributed by atoms with Crippen molar-refractivity contribution >= 4 is 11.9 Å². The van der Waals surface area contributed by atoms with Crippen molar-refractivity contribution < 1.29 is 14.3 Å². The van der Waals surface area contributed by atoms with Crippen LogP contribution in [0.25, 0.3) is 0 Å². The van der Waals surface area contributed by atoms with Gasteiger partial charge < -0.3 is 21.1 Å². The summed E-state index contributed by atoms with van der Waals surface area (Å²) in [5.74, 6) is 0.490. The lowest BCUT2D eigenvalue weighted by molar-refractivity contribution is -0.124. The van der Waals surface area contributed by atoms with Gasteiger partial charge in [0.25, 0.3) is 0 Å². The van der Waals surface area contributed by atoms with E-state index in [1.807, 2.05) is 38.1 Å². The highest BCUT2D eigenvalue weighted by molar-refractivity contribution is 5.86. The molecule has 0 aliphatic carbocycles. The van der Waals surface area contributed by atoms with Crippen LogP contribution in [-0.2, 0) is 11.3 Å². The van der Waals surface area contributed by atoms with Gasteiger partial charge in [0.05, 0.1) is 7.11 Å². The molecule has 1 aromatic carbocycles. The third-order valence-electron chi connectivity index (χ3n) is 3.39. The number of hydrogen-bond donors (Lipinski definition) is 3. The fraction of sp³-hybridized carbons (Fsp3) is 0.467. The summed E-state index contributed by atoms with van der Waals surface area (Å²) >= 11 is 0. The van der Waals surface area contributed by atoms with Gasteiger partial charge in [-0.05, 0) is 23.6 Å². The Labute approximate surface area is 125 Å². The van der Waals surface area contributed by atoms with Crippen LogP contribution in [0.3, 0.4) is 0 Å². The lowest BCUT2D eigenvalue weighted by Gasteiger charge is -2.22. The molecule has 21 heavy (non-hydrogen) atoms. The molecule has 0 radical (unpaired) electrons. The van der Waals surface area contributed by atoms with Gasteiger partial charge in [-0.15, -0.1) is 0 Å². The molecule has 0 saturated heterocycles. The second-order valence-corrected chi connectivity index (χ2v) is 4.94. The SMILES string of the molecule is CCC(C)C(NC(N)=O)C(=O)NCc1cccc(OC)c1. The quantitative estimate of drug-likeness (QED) is 0.709. The standard InChI is InChI=1S/C15H23N3O3/c1-4-10(2)13(18-15(16)20)14(19)17-9-11-6-5-7-12(8-11)21-3/h5-8,10,13H,4,9H2,1-3H3,(H,17,19)(H3,16,18,20). The molecule has 0 aromatic heterocycles. The first-order valence-electron chi connectivity index (χ1n) is 6.94. The fourth-order valence-corrected chi connectivity index (χ4v) is 1.94. The minimum atomic E-state index is -0.697. The molecule has 3 amide bonds. The number of ether oxygens (including phenoxy) is 1. The van der Waals surface area contributed by atoms with Gasteiger partial charge in [-0.25, -0.2) is 4.79 Å². The van der Waals surface area contributed by atoms with E-state index in [0.29, 0.717) is 6.54 Å². The first-order valence-corrected chi connectivity index (χ1v) is 6.94. The number of amides is 3. The van der Waals surface area contributed by atoms with Gasteiger partial charge in [0.15, 0.2) is 0 Å². The predicted molar refractivity (Wildman–Crippen MR) is 80.8 cm³/mol. The number of nitrogens with two attached hydrogens (primary N) is 1. The second-order valence-electron chi connectivity index (χ2n) is 4.94. The van der Waals surface area contributed by atoms with Crippen LogP contribution in [0, 0.1) is 5.92 Å². The van der Waals surface area contributed by atoms with Crippen molar-refractivity contribution in [2.24, 2.45) is 11.7 Å². The number of methoxy groups -OCH3 is 1. The molecule has 0 heterocycles. The summed E-state index contributed by atoms with van der Waals surface area (Å²) < 4.78 is 5.13. The third-order valence-corrected chi connectivity index (χ3v) is 3.39. The summed E-state index contributed by atoms with van der Waals surface area (Å²) in [5, 5.41) is 5.30. The van der Waals surface area contributed by atoms with Crippen molar-refractivity contribution in [1.82, 2.24) is 10.6 Å². The van der Waals surface area contributed by atoms with Gasteiger partial charge in [0.1, 0.15) is 11.8 Å². The summed E-state index contributed by atoms with van der Waals surface area (Å²) in [4.78, 5) is 23.2. The molecule has 0 bridgehead atoms. The zero-order chi connectivity index (χ0) is 15.8. The van der Waals surface area contributed by atoms with Gasteiger partial charge >= 0.3 is 6.03 Å².